The summed E-state index contributed by atoms with van der Waals surface area (Å²) in [6.45, 7) is 0.520. The van der Waals surface area contributed by atoms with Gasteiger partial charge in [-0.25, -0.2) is 0 Å². The third-order valence-corrected chi connectivity index (χ3v) is 2.98. The smallest absolute Gasteiger partial charge is 0.253 e. The Labute approximate surface area is 117 Å². The highest BCUT2D eigenvalue weighted by Gasteiger charge is 2.10. The molecule has 0 unspecified atom stereocenters. The molecule has 19 heavy (non-hydrogen) atoms. The Morgan fingerprint density at radius 2 is 2.16 bits per heavy atom. The molecule has 0 spiro atoms. The van der Waals surface area contributed by atoms with Gasteiger partial charge in [0.05, 0.1) is 23.5 Å². The van der Waals surface area contributed by atoms with E-state index >= 15 is 0 Å². The Kier molecular flexibility index (Phi) is 4.12. The van der Waals surface area contributed by atoms with Crippen molar-refractivity contribution in [3.63, 3.8) is 0 Å². The lowest BCUT2D eigenvalue weighted by molar-refractivity contribution is 0.0827. The first-order valence-corrected chi connectivity index (χ1v) is 6.23. The van der Waals surface area contributed by atoms with Gasteiger partial charge in [0.15, 0.2) is 0 Å². The van der Waals surface area contributed by atoms with Crippen LogP contribution < -0.4 is 5.32 Å². The zero-order chi connectivity index (χ0) is 13.8. The second kappa shape index (κ2) is 5.80. The molecule has 1 heterocycles. The number of halogens is 1. The van der Waals surface area contributed by atoms with Gasteiger partial charge in [0.2, 0.25) is 0 Å². The molecule has 100 valence electrons. The molecular weight excluding hydrogens is 264 g/mol. The van der Waals surface area contributed by atoms with E-state index in [2.05, 4.69) is 5.32 Å². The van der Waals surface area contributed by atoms with Gasteiger partial charge < -0.3 is 14.6 Å². The number of anilines is 1. The Bertz CT molecular complexity index is 565. The lowest BCUT2D eigenvalue weighted by Crippen LogP contribution is -2.21. The molecule has 0 bridgehead atoms. The number of nitrogens with zero attached hydrogens (tertiary/aromatic N) is 1. The monoisotopic (exact) mass is 278 g/mol. The minimum Gasteiger partial charge on any atom is -0.467 e. The molecule has 0 saturated carbocycles. The number of carbonyl (C=O) groups is 1. The maximum atomic E-state index is 11.9. The lowest BCUT2D eigenvalue weighted by atomic mass is 10.2. The standard InChI is InChI=1S/C14H15ClN2O2/c1-17(2)14(18)10-5-6-12(15)13(8-10)16-9-11-4-3-7-19-11/h3-8,16H,9H2,1-2H3. The van der Waals surface area contributed by atoms with Crippen LogP contribution in [0.4, 0.5) is 5.69 Å². The molecule has 0 aliphatic heterocycles. The van der Waals surface area contributed by atoms with E-state index in [0.717, 1.165) is 5.76 Å². The Balaban J connectivity index is 2.15. The van der Waals surface area contributed by atoms with E-state index < -0.39 is 0 Å². The number of carbonyl (C=O) groups excluding carboxylic acids is 1. The van der Waals surface area contributed by atoms with Gasteiger partial charge in [-0.2, -0.15) is 0 Å². The van der Waals surface area contributed by atoms with E-state index in [1.54, 1.807) is 38.6 Å². The predicted octanol–water partition coefficient (Wildman–Crippen LogP) is 3.25. The van der Waals surface area contributed by atoms with Crippen LogP contribution in [0.25, 0.3) is 0 Å². The second-order valence-electron chi connectivity index (χ2n) is 4.33. The largest absolute Gasteiger partial charge is 0.467 e. The quantitative estimate of drug-likeness (QED) is 0.934. The summed E-state index contributed by atoms with van der Waals surface area (Å²) in [5, 5.41) is 3.72. The van der Waals surface area contributed by atoms with E-state index in [9.17, 15) is 4.79 Å². The molecule has 4 nitrogen and oxygen atoms in total. The fraction of sp³-hybridized carbons (Fsp3) is 0.214. The fourth-order valence-electron chi connectivity index (χ4n) is 1.65. The zero-order valence-corrected chi connectivity index (χ0v) is 11.6. The fourth-order valence-corrected chi connectivity index (χ4v) is 1.83. The van der Waals surface area contributed by atoms with Crippen molar-refractivity contribution < 1.29 is 9.21 Å². The zero-order valence-electron chi connectivity index (χ0n) is 10.8. The van der Waals surface area contributed by atoms with Crippen LogP contribution in [0.15, 0.2) is 41.0 Å². The molecule has 1 aromatic heterocycles. The first-order chi connectivity index (χ1) is 9.08. The van der Waals surface area contributed by atoms with E-state index in [-0.39, 0.29) is 5.91 Å². The van der Waals surface area contributed by atoms with Crippen LogP contribution in [0, 0.1) is 0 Å². The molecule has 0 atom stereocenters. The Hall–Kier alpha value is -1.94. The molecule has 0 fully saturated rings. The van der Waals surface area contributed by atoms with Gasteiger partial charge in [-0.05, 0) is 30.3 Å². The van der Waals surface area contributed by atoms with E-state index in [0.29, 0.717) is 22.8 Å². The summed E-state index contributed by atoms with van der Waals surface area (Å²) in [6.07, 6.45) is 1.62. The van der Waals surface area contributed by atoms with Gasteiger partial charge in [0.25, 0.3) is 5.91 Å². The summed E-state index contributed by atoms with van der Waals surface area (Å²) in [4.78, 5) is 13.4. The maximum absolute atomic E-state index is 11.9. The molecule has 5 heteroatoms. The lowest BCUT2D eigenvalue weighted by Gasteiger charge is -2.13. The average molecular weight is 279 g/mol. The first-order valence-electron chi connectivity index (χ1n) is 5.85. The van der Waals surface area contributed by atoms with Crippen LogP contribution in [0.1, 0.15) is 16.1 Å². The van der Waals surface area contributed by atoms with E-state index in [4.69, 9.17) is 16.0 Å². The van der Waals surface area contributed by atoms with Gasteiger partial charge in [-0.1, -0.05) is 11.6 Å². The van der Waals surface area contributed by atoms with Crippen molar-refractivity contribution in [2.75, 3.05) is 19.4 Å². The SMILES string of the molecule is CN(C)C(=O)c1ccc(Cl)c(NCc2ccco2)c1. The summed E-state index contributed by atoms with van der Waals surface area (Å²) < 4.78 is 5.23. The highest BCUT2D eigenvalue weighted by Crippen LogP contribution is 2.24. The van der Waals surface area contributed by atoms with Crippen molar-refractivity contribution in [2.24, 2.45) is 0 Å². The minimum absolute atomic E-state index is 0.0577. The van der Waals surface area contributed by atoms with Crippen LogP contribution in [-0.4, -0.2) is 24.9 Å². The molecule has 2 rings (SSSR count). The number of hydrogen-bond donors (Lipinski definition) is 1. The van der Waals surface area contributed by atoms with Gasteiger partial charge in [-0.3, -0.25) is 4.79 Å². The van der Waals surface area contributed by atoms with Crippen molar-refractivity contribution in [3.8, 4) is 0 Å². The van der Waals surface area contributed by atoms with Gasteiger partial charge in [-0.15, -0.1) is 0 Å². The van der Waals surface area contributed by atoms with Crippen LogP contribution in [0.5, 0.6) is 0 Å². The summed E-state index contributed by atoms with van der Waals surface area (Å²) in [5.74, 6) is 0.748. The van der Waals surface area contributed by atoms with E-state index in [1.165, 1.54) is 4.90 Å². The van der Waals surface area contributed by atoms with Gasteiger partial charge in [0, 0.05) is 19.7 Å². The maximum Gasteiger partial charge on any atom is 0.253 e. The number of nitrogens with one attached hydrogen (secondary N) is 1. The predicted molar refractivity (Wildman–Crippen MR) is 75.5 cm³/mol. The normalized spacial score (nSPS) is 10.3. The highest BCUT2D eigenvalue weighted by molar-refractivity contribution is 6.33. The topological polar surface area (TPSA) is 45.5 Å². The molecule has 1 amide bonds. The first kappa shape index (κ1) is 13.5. The molecule has 1 N–H and O–H groups in total. The summed E-state index contributed by atoms with van der Waals surface area (Å²) in [6, 6.07) is 8.86. The molecule has 0 aliphatic carbocycles. The summed E-state index contributed by atoms with van der Waals surface area (Å²) in [5.41, 5.74) is 1.31. The average Bonchev–Trinajstić information content (AvgIpc) is 2.90. The summed E-state index contributed by atoms with van der Waals surface area (Å²) >= 11 is 6.10. The number of furan rings is 1. The third kappa shape index (κ3) is 3.29. The molecule has 1 aromatic carbocycles. The number of rotatable bonds is 4. The summed E-state index contributed by atoms with van der Waals surface area (Å²) in [7, 11) is 3.43. The Morgan fingerprint density at radius 1 is 1.37 bits per heavy atom. The second-order valence-corrected chi connectivity index (χ2v) is 4.73. The molecular formula is C14H15ClN2O2. The van der Waals surface area contributed by atoms with Crippen molar-refractivity contribution >= 4 is 23.2 Å². The van der Waals surface area contributed by atoms with Crippen molar-refractivity contribution in [1.82, 2.24) is 4.90 Å². The van der Waals surface area contributed by atoms with Gasteiger partial charge in [0.1, 0.15) is 5.76 Å². The third-order valence-electron chi connectivity index (χ3n) is 2.65. The van der Waals surface area contributed by atoms with Crippen molar-refractivity contribution in [3.05, 3.63) is 52.9 Å². The van der Waals surface area contributed by atoms with Crippen LogP contribution in [0.2, 0.25) is 5.02 Å². The highest BCUT2D eigenvalue weighted by atomic mass is 35.5. The van der Waals surface area contributed by atoms with Gasteiger partial charge >= 0.3 is 0 Å². The number of amides is 1. The molecule has 2 aromatic rings. The van der Waals surface area contributed by atoms with Crippen LogP contribution >= 0.6 is 11.6 Å². The van der Waals surface area contributed by atoms with E-state index in [1.807, 2.05) is 12.1 Å². The molecule has 0 saturated heterocycles. The number of benzene rings is 1. The molecule has 0 radical (unpaired) electrons. The van der Waals surface area contributed by atoms with Crippen molar-refractivity contribution in [2.45, 2.75) is 6.54 Å². The molecule has 0 aliphatic rings. The number of hydrogen-bond acceptors (Lipinski definition) is 3. The van der Waals surface area contributed by atoms with Crippen LogP contribution in [-0.2, 0) is 6.54 Å². The minimum atomic E-state index is -0.0577. The van der Waals surface area contributed by atoms with Crippen molar-refractivity contribution in [1.29, 1.82) is 0 Å². The van der Waals surface area contributed by atoms with Crippen LogP contribution in [0.3, 0.4) is 0 Å². The Morgan fingerprint density at radius 3 is 2.79 bits per heavy atom.